The van der Waals surface area contributed by atoms with Crippen LogP contribution in [0.2, 0.25) is 0 Å². The Bertz CT molecular complexity index is 428. The first kappa shape index (κ1) is 15.4. The van der Waals surface area contributed by atoms with Gasteiger partial charge in [-0.1, -0.05) is 19.1 Å². The lowest BCUT2D eigenvalue weighted by atomic mass is 10.0. The van der Waals surface area contributed by atoms with Crippen LogP contribution in [0, 0.1) is 12.7 Å². The standard InChI is InChI=1S/C16H26FN3/c1-3-6-19-7-9-20(10-8-19)16(12-18)14-5-4-13(2)15(17)11-14/h4-5,11,16H,3,6-10,12,18H2,1-2H3. The van der Waals surface area contributed by atoms with E-state index in [0.717, 1.165) is 31.7 Å². The smallest absolute Gasteiger partial charge is 0.126 e. The third kappa shape index (κ3) is 3.57. The maximum atomic E-state index is 13.7. The van der Waals surface area contributed by atoms with Gasteiger partial charge in [0.1, 0.15) is 5.82 Å². The Kier molecular flexibility index (Phi) is 5.52. The maximum absolute atomic E-state index is 13.7. The summed E-state index contributed by atoms with van der Waals surface area (Å²) in [7, 11) is 0. The molecule has 0 bridgehead atoms. The Balaban J connectivity index is 2.03. The summed E-state index contributed by atoms with van der Waals surface area (Å²) >= 11 is 0. The molecule has 112 valence electrons. The normalized spacial score (nSPS) is 19.2. The molecule has 0 aliphatic carbocycles. The molecule has 1 aromatic rings. The number of rotatable bonds is 5. The molecule has 3 nitrogen and oxygen atoms in total. The largest absolute Gasteiger partial charge is 0.329 e. The number of nitrogens with zero attached hydrogens (tertiary/aromatic N) is 2. The quantitative estimate of drug-likeness (QED) is 0.896. The molecule has 1 aliphatic rings. The van der Waals surface area contributed by atoms with Crippen LogP contribution in [0.4, 0.5) is 4.39 Å². The number of nitrogens with two attached hydrogens (primary N) is 1. The molecule has 1 fully saturated rings. The van der Waals surface area contributed by atoms with Crippen molar-refractivity contribution in [1.29, 1.82) is 0 Å². The number of aryl methyl sites for hydroxylation is 1. The first-order valence-electron chi connectivity index (χ1n) is 7.58. The van der Waals surface area contributed by atoms with Gasteiger partial charge in [-0.2, -0.15) is 0 Å². The molecule has 1 aromatic carbocycles. The highest BCUT2D eigenvalue weighted by Gasteiger charge is 2.24. The Morgan fingerprint density at radius 2 is 1.95 bits per heavy atom. The fourth-order valence-corrected chi connectivity index (χ4v) is 2.93. The van der Waals surface area contributed by atoms with Crippen LogP contribution in [-0.4, -0.2) is 49.1 Å². The number of benzene rings is 1. The lowest BCUT2D eigenvalue weighted by Gasteiger charge is -2.39. The highest BCUT2D eigenvalue weighted by atomic mass is 19.1. The average molecular weight is 279 g/mol. The summed E-state index contributed by atoms with van der Waals surface area (Å²) in [6.07, 6.45) is 1.20. The fraction of sp³-hybridized carbons (Fsp3) is 0.625. The van der Waals surface area contributed by atoms with Gasteiger partial charge in [0.15, 0.2) is 0 Å². The summed E-state index contributed by atoms with van der Waals surface area (Å²) in [6.45, 7) is 9.90. The highest BCUT2D eigenvalue weighted by Crippen LogP contribution is 2.23. The van der Waals surface area contributed by atoms with E-state index in [4.69, 9.17) is 5.73 Å². The molecule has 0 aromatic heterocycles. The van der Waals surface area contributed by atoms with E-state index in [1.807, 2.05) is 12.1 Å². The minimum absolute atomic E-state index is 0.133. The predicted molar refractivity (Wildman–Crippen MR) is 81.2 cm³/mol. The van der Waals surface area contributed by atoms with Crippen molar-refractivity contribution in [3.8, 4) is 0 Å². The maximum Gasteiger partial charge on any atom is 0.126 e. The van der Waals surface area contributed by atoms with E-state index < -0.39 is 0 Å². The zero-order valence-corrected chi connectivity index (χ0v) is 12.6. The first-order chi connectivity index (χ1) is 9.65. The van der Waals surface area contributed by atoms with Crippen molar-refractivity contribution in [2.75, 3.05) is 39.3 Å². The summed E-state index contributed by atoms with van der Waals surface area (Å²) in [6, 6.07) is 5.63. The molecule has 20 heavy (non-hydrogen) atoms. The molecule has 0 saturated carbocycles. The van der Waals surface area contributed by atoms with Gasteiger partial charge in [0.25, 0.3) is 0 Å². The molecule has 1 unspecified atom stereocenters. The molecule has 1 heterocycles. The predicted octanol–water partition coefficient (Wildman–Crippen LogP) is 2.16. The van der Waals surface area contributed by atoms with E-state index in [-0.39, 0.29) is 11.9 Å². The summed E-state index contributed by atoms with van der Waals surface area (Å²) in [4.78, 5) is 4.87. The van der Waals surface area contributed by atoms with Crippen molar-refractivity contribution < 1.29 is 4.39 Å². The topological polar surface area (TPSA) is 32.5 Å². The molecule has 4 heteroatoms. The van der Waals surface area contributed by atoms with Gasteiger partial charge in [-0.25, -0.2) is 4.39 Å². The molecular weight excluding hydrogens is 253 g/mol. The van der Waals surface area contributed by atoms with Gasteiger partial charge < -0.3 is 10.6 Å². The summed E-state index contributed by atoms with van der Waals surface area (Å²) in [5, 5.41) is 0. The van der Waals surface area contributed by atoms with Crippen molar-refractivity contribution in [2.24, 2.45) is 5.73 Å². The van der Waals surface area contributed by atoms with Crippen molar-refractivity contribution in [1.82, 2.24) is 9.80 Å². The van der Waals surface area contributed by atoms with Gasteiger partial charge in [0.2, 0.25) is 0 Å². The molecular formula is C16H26FN3. The van der Waals surface area contributed by atoms with Crippen LogP contribution in [0.25, 0.3) is 0 Å². The Morgan fingerprint density at radius 3 is 2.50 bits per heavy atom. The number of halogens is 1. The van der Waals surface area contributed by atoms with E-state index in [0.29, 0.717) is 12.1 Å². The average Bonchev–Trinajstić information content (AvgIpc) is 2.46. The third-order valence-electron chi connectivity index (χ3n) is 4.19. The molecule has 1 aliphatic heterocycles. The molecule has 2 rings (SSSR count). The molecule has 2 N–H and O–H groups in total. The van der Waals surface area contributed by atoms with Crippen LogP contribution >= 0.6 is 0 Å². The molecule has 0 radical (unpaired) electrons. The molecule has 1 saturated heterocycles. The monoisotopic (exact) mass is 279 g/mol. The van der Waals surface area contributed by atoms with Gasteiger partial charge >= 0.3 is 0 Å². The Hall–Kier alpha value is -0.970. The van der Waals surface area contributed by atoms with Gasteiger partial charge in [-0.05, 0) is 37.1 Å². The van der Waals surface area contributed by atoms with Gasteiger partial charge in [0.05, 0.1) is 0 Å². The first-order valence-corrected chi connectivity index (χ1v) is 7.58. The zero-order valence-electron chi connectivity index (χ0n) is 12.6. The lowest BCUT2D eigenvalue weighted by molar-refractivity contribution is 0.0984. The van der Waals surface area contributed by atoms with Crippen molar-refractivity contribution >= 4 is 0 Å². The van der Waals surface area contributed by atoms with Crippen molar-refractivity contribution in [3.05, 3.63) is 35.1 Å². The van der Waals surface area contributed by atoms with Crippen LogP contribution in [0.15, 0.2) is 18.2 Å². The molecule has 0 spiro atoms. The second-order valence-corrected chi connectivity index (χ2v) is 5.64. The fourth-order valence-electron chi connectivity index (χ4n) is 2.93. The summed E-state index contributed by atoms with van der Waals surface area (Å²) in [5.74, 6) is -0.134. The minimum Gasteiger partial charge on any atom is -0.329 e. The van der Waals surface area contributed by atoms with E-state index in [1.165, 1.54) is 13.0 Å². The van der Waals surface area contributed by atoms with Crippen LogP contribution in [0.1, 0.15) is 30.5 Å². The number of piperazine rings is 1. The zero-order chi connectivity index (χ0) is 14.5. The van der Waals surface area contributed by atoms with Gasteiger partial charge in [0, 0.05) is 38.8 Å². The molecule has 1 atom stereocenters. The van der Waals surface area contributed by atoms with Gasteiger partial charge in [-0.15, -0.1) is 0 Å². The van der Waals surface area contributed by atoms with E-state index >= 15 is 0 Å². The van der Waals surface area contributed by atoms with Gasteiger partial charge in [-0.3, -0.25) is 4.90 Å². The number of hydrogen-bond acceptors (Lipinski definition) is 3. The molecule has 0 amide bonds. The second-order valence-electron chi connectivity index (χ2n) is 5.64. The van der Waals surface area contributed by atoms with Crippen LogP contribution in [0.3, 0.4) is 0 Å². The Labute approximate surface area is 121 Å². The lowest BCUT2D eigenvalue weighted by Crippen LogP contribution is -2.49. The van der Waals surface area contributed by atoms with Crippen LogP contribution in [0.5, 0.6) is 0 Å². The van der Waals surface area contributed by atoms with Crippen molar-refractivity contribution in [3.63, 3.8) is 0 Å². The van der Waals surface area contributed by atoms with Crippen molar-refractivity contribution in [2.45, 2.75) is 26.3 Å². The Morgan fingerprint density at radius 1 is 1.25 bits per heavy atom. The number of hydrogen-bond donors (Lipinski definition) is 1. The van der Waals surface area contributed by atoms with E-state index in [2.05, 4.69) is 16.7 Å². The highest BCUT2D eigenvalue weighted by molar-refractivity contribution is 5.26. The SMILES string of the molecule is CCCN1CCN(C(CN)c2ccc(C)c(F)c2)CC1. The third-order valence-corrected chi connectivity index (χ3v) is 4.19. The van der Waals surface area contributed by atoms with E-state index in [9.17, 15) is 4.39 Å². The summed E-state index contributed by atoms with van der Waals surface area (Å²) < 4.78 is 13.7. The summed E-state index contributed by atoms with van der Waals surface area (Å²) in [5.41, 5.74) is 7.63. The minimum atomic E-state index is -0.134. The van der Waals surface area contributed by atoms with Crippen LogP contribution in [-0.2, 0) is 0 Å². The van der Waals surface area contributed by atoms with Crippen LogP contribution < -0.4 is 5.73 Å². The van der Waals surface area contributed by atoms with E-state index in [1.54, 1.807) is 13.0 Å². The second kappa shape index (κ2) is 7.16.